The molecule has 150 valence electrons. The molecule has 0 amide bonds. The quantitative estimate of drug-likeness (QED) is 0.535. The molecule has 0 atom stereocenters. The molecule has 0 heterocycles. The summed E-state index contributed by atoms with van der Waals surface area (Å²) in [7, 11) is 0. The van der Waals surface area contributed by atoms with Crippen LogP contribution in [-0.4, -0.2) is 3.21 Å². The minimum absolute atomic E-state index is 0. The summed E-state index contributed by atoms with van der Waals surface area (Å²) in [5.74, 6) is 0.528. The first-order valence-electron chi connectivity index (χ1n) is 10.4. The van der Waals surface area contributed by atoms with E-state index in [0.717, 1.165) is 0 Å². The fraction of sp³-hybridized carbons (Fsp3) is 0.583. The summed E-state index contributed by atoms with van der Waals surface area (Å²) in [6.07, 6.45) is 21.1. The third-order valence-electron chi connectivity index (χ3n) is 5.70. The van der Waals surface area contributed by atoms with Crippen LogP contribution in [0, 0.1) is 0 Å². The molecule has 0 nitrogen and oxygen atoms in total. The predicted molar refractivity (Wildman–Crippen MR) is 109 cm³/mol. The molecule has 27 heavy (non-hydrogen) atoms. The number of halogens is 2. The molecule has 1 saturated carbocycles. The Balaban J connectivity index is 0.000000640. The van der Waals surface area contributed by atoms with Gasteiger partial charge in [-0.1, -0.05) is 77.7 Å². The van der Waals surface area contributed by atoms with Gasteiger partial charge in [0.2, 0.25) is 0 Å². The van der Waals surface area contributed by atoms with Crippen LogP contribution in [0.3, 0.4) is 0 Å². The molecule has 0 aromatic heterocycles. The van der Waals surface area contributed by atoms with E-state index < -0.39 is 0 Å². The van der Waals surface area contributed by atoms with Gasteiger partial charge in [0.1, 0.15) is 0 Å². The van der Waals surface area contributed by atoms with Crippen molar-refractivity contribution in [1.82, 2.24) is 0 Å². The van der Waals surface area contributed by atoms with E-state index in [9.17, 15) is 0 Å². The molecule has 2 aliphatic rings. The molecule has 0 saturated heterocycles. The van der Waals surface area contributed by atoms with Gasteiger partial charge in [-0.2, -0.15) is 27.8 Å². The Bertz CT molecular complexity index is 588. The van der Waals surface area contributed by atoms with Crippen molar-refractivity contribution in [1.29, 1.82) is 0 Å². The van der Waals surface area contributed by atoms with Crippen molar-refractivity contribution in [2.45, 2.75) is 91.4 Å². The van der Waals surface area contributed by atoms with Crippen LogP contribution >= 0.6 is 0 Å². The summed E-state index contributed by atoms with van der Waals surface area (Å²) >= 11 is 1.69. The molecule has 1 aromatic carbocycles. The van der Waals surface area contributed by atoms with Gasteiger partial charge in [-0.25, -0.2) is 0 Å². The van der Waals surface area contributed by atoms with Crippen LogP contribution < -0.4 is 24.8 Å². The van der Waals surface area contributed by atoms with Gasteiger partial charge in [-0.15, -0.1) is 0 Å². The first-order chi connectivity index (χ1) is 12.2. The van der Waals surface area contributed by atoms with Crippen molar-refractivity contribution in [2.24, 2.45) is 0 Å². The number of hydrogen-bond donors (Lipinski definition) is 0. The summed E-state index contributed by atoms with van der Waals surface area (Å²) in [6, 6.07) is 0. The molecule has 0 spiro atoms. The summed E-state index contributed by atoms with van der Waals surface area (Å²) in [6.45, 7) is 9.22. The Kier molecular flexibility index (Phi) is 14.3. The Hall–Kier alpha value is 0.163. The van der Waals surface area contributed by atoms with E-state index in [1.54, 1.807) is 55.3 Å². The first-order valence-corrected chi connectivity index (χ1v) is 11.6. The van der Waals surface area contributed by atoms with Crippen LogP contribution in [-0.2, 0) is 49.9 Å². The fourth-order valence-corrected chi connectivity index (χ4v) is 5.41. The van der Waals surface area contributed by atoms with Crippen molar-refractivity contribution in [3.05, 3.63) is 52.1 Å². The molecule has 1 aromatic rings. The second-order valence-electron chi connectivity index (χ2n) is 7.20. The van der Waals surface area contributed by atoms with Crippen LogP contribution in [0.1, 0.15) is 93.5 Å². The van der Waals surface area contributed by atoms with Crippen molar-refractivity contribution >= 4 is 3.21 Å². The van der Waals surface area contributed by atoms with Crippen molar-refractivity contribution in [3.63, 3.8) is 0 Å². The van der Waals surface area contributed by atoms with E-state index in [1.165, 1.54) is 57.8 Å². The van der Waals surface area contributed by atoms with Gasteiger partial charge >= 0.3 is 59.5 Å². The monoisotopic (exact) mass is 483 g/mol. The Labute approximate surface area is 194 Å². The zero-order valence-corrected chi connectivity index (χ0v) is 21.5. The molecule has 0 aliphatic heterocycles. The molecule has 2 aliphatic carbocycles. The number of hydrogen-bond acceptors (Lipinski definition) is 0. The maximum atomic E-state index is 2.34. The van der Waals surface area contributed by atoms with Crippen LogP contribution in [0.5, 0.6) is 0 Å². The number of allylic oxidation sites excluding steroid dienone is 4. The van der Waals surface area contributed by atoms with Crippen molar-refractivity contribution in [3.8, 4) is 0 Å². The molecule has 3 heteroatoms. The van der Waals surface area contributed by atoms with Gasteiger partial charge in [0, 0.05) is 0 Å². The maximum absolute atomic E-state index is 2.34. The van der Waals surface area contributed by atoms with E-state index in [1.807, 2.05) is 0 Å². The van der Waals surface area contributed by atoms with Gasteiger partial charge in [0.15, 0.2) is 0 Å². The van der Waals surface area contributed by atoms with E-state index in [0.29, 0.717) is 5.92 Å². The molecule has 1 fully saturated rings. The summed E-state index contributed by atoms with van der Waals surface area (Å²) in [5.41, 5.74) is 8.17. The van der Waals surface area contributed by atoms with Crippen LogP contribution in [0.2, 0.25) is 0 Å². The second kappa shape index (κ2) is 14.2. The predicted octanol–water partition coefficient (Wildman–Crippen LogP) is 0.542. The third kappa shape index (κ3) is 6.87. The van der Waals surface area contributed by atoms with Gasteiger partial charge < -0.3 is 24.8 Å². The Morgan fingerprint density at radius 2 is 1.41 bits per heavy atom. The van der Waals surface area contributed by atoms with Gasteiger partial charge in [-0.3, -0.25) is 0 Å². The molecular formula is C24H35Cl2Zr-. The van der Waals surface area contributed by atoms with Gasteiger partial charge in [-0.05, 0) is 5.92 Å². The summed E-state index contributed by atoms with van der Waals surface area (Å²) < 4.78 is 1.80. The normalized spacial score (nSPS) is 15.9. The zero-order chi connectivity index (χ0) is 18.2. The number of rotatable bonds is 5. The molecule has 0 radical (unpaired) electrons. The SMILES string of the molecule is CCc1c(CC)c(C2C=CC=C2)[c-](CC)c1CC.[Cl-].[Cl-].[Zr+2]=[C]1CCCCC1. The van der Waals surface area contributed by atoms with Gasteiger partial charge in [0.05, 0.1) is 0 Å². The first kappa shape index (κ1) is 27.2. The topological polar surface area (TPSA) is 0 Å². The van der Waals surface area contributed by atoms with E-state index in [2.05, 4.69) is 52.0 Å². The van der Waals surface area contributed by atoms with E-state index in [-0.39, 0.29) is 24.8 Å². The Morgan fingerprint density at radius 3 is 1.78 bits per heavy atom. The van der Waals surface area contributed by atoms with Crippen LogP contribution in [0.15, 0.2) is 24.3 Å². The molecular weight excluding hydrogens is 450 g/mol. The standard InChI is InChI=1S/C18H25.C6H10.2ClH.Zr/c1-5-14-15(6-2)17(8-4)18(16(14)7-3)13-11-9-10-12-13;1-2-4-6-5-3-1;;;/h9-13H,5-8H2,1-4H3;1-5H2;2*1H;/q-1;;;;+2/p-2. The molecule has 0 bridgehead atoms. The fourth-order valence-electron chi connectivity index (χ4n) is 4.54. The van der Waals surface area contributed by atoms with Crippen molar-refractivity contribution < 1.29 is 49.0 Å². The molecule has 0 N–H and O–H groups in total. The van der Waals surface area contributed by atoms with Crippen molar-refractivity contribution in [2.75, 3.05) is 0 Å². The Morgan fingerprint density at radius 1 is 0.852 bits per heavy atom. The molecule has 3 rings (SSSR count). The van der Waals surface area contributed by atoms with Crippen LogP contribution in [0.25, 0.3) is 0 Å². The van der Waals surface area contributed by atoms with Crippen LogP contribution in [0.4, 0.5) is 0 Å². The minimum atomic E-state index is 0. The van der Waals surface area contributed by atoms with E-state index in [4.69, 9.17) is 0 Å². The average molecular weight is 486 g/mol. The molecule has 0 unspecified atom stereocenters. The second-order valence-corrected chi connectivity index (χ2v) is 8.94. The van der Waals surface area contributed by atoms with Gasteiger partial charge in [0.25, 0.3) is 0 Å². The average Bonchev–Trinajstić information content (AvgIpc) is 3.26. The third-order valence-corrected chi connectivity index (χ3v) is 6.92. The van der Waals surface area contributed by atoms with E-state index >= 15 is 0 Å². The zero-order valence-electron chi connectivity index (χ0n) is 17.5. The summed E-state index contributed by atoms with van der Waals surface area (Å²) in [5, 5.41) is 0. The summed E-state index contributed by atoms with van der Waals surface area (Å²) in [4.78, 5) is 0.